The van der Waals surface area contributed by atoms with Gasteiger partial charge in [-0.1, -0.05) is 67.4 Å². The summed E-state index contributed by atoms with van der Waals surface area (Å²) in [4.78, 5) is 1.46. The van der Waals surface area contributed by atoms with Gasteiger partial charge in [-0.2, -0.15) is 0 Å². The van der Waals surface area contributed by atoms with Gasteiger partial charge in [-0.15, -0.1) is 11.3 Å². The Bertz CT molecular complexity index is 335. The summed E-state index contributed by atoms with van der Waals surface area (Å²) in [6, 6.07) is 4.34. The zero-order valence-corrected chi connectivity index (χ0v) is 13.7. The first kappa shape index (κ1) is 14.9. The number of rotatable bonds is 3. The summed E-state index contributed by atoms with van der Waals surface area (Å²) in [5.74, 6) is 2.48. The molecule has 0 amide bonds. The first-order valence-corrected chi connectivity index (χ1v) is 8.49. The van der Waals surface area contributed by atoms with Crippen molar-refractivity contribution in [2.45, 2.75) is 58.3 Å². The van der Waals surface area contributed by atoms with Gasteiger partial charge >= 0.3 is 0 Å². The summed E-state index contributed by atoms with van der Waals surface area (Å²) >= 11 is 1.85. The molecule has 0 aliphatic heterocycles. The summed E-state index contributed by atoms with van der Waals surface area (Å²) in [5, 5.41) is 2.93. The molecule has 0 atom stereocenters. The molecule has 0 radical (unpaired) electrons. The van der Waals surface area contributed by atoms with E-state index in [1.807, 2.05) is 11.3 Å². The first-order chi connectivity index (χ1) is 7.71. The largest absolute Gasteiger partial charge is 0.149 e. The Morgan fingerprint density at radius 3 is 2.12 bits per heavy atom. The van der Waals surface area contributed by atoms with E-state index in [9.17, 15) is 0 Å². The van der Waals surface area contributed by atoms with Crippen molar-refractivity contribution in [2.24, 2.45) is 0 Å². The molecule has 17 heavy (non-hydrogen) atoms. The lowest BCUT2D eigenvalue weighted by Crippen LogP contribution is -2.23. The Hall–Kier alpha value is -0.130. The molecule has 0 saturated heterocycles. The smallest absolute Gasteiger partial charge is 0.00830 e. The van der Waals surface area contributed by atoms with E-state index in [0.29, 0.717) is 10.3 Å². The molecule has 1 aromatic rings. The standard InChI is InChI=1S/C15H25PS/c1-14(2,3)16(15(4,5)6)11-7-9-13-10-8-12-17-13/h7-8,10-12H,9H2,1-6H3. The Balaban J connectivity index is 2.71. The lowest BCUT2D eigenvalue weighted by atomic mass is 10.2. The number of hydrogen-bond acceptors (Lipinski definition) is 1. The van der Waals surface area contributed by atoms with E-state index >= 15 is 0 Å². The van der Waals surface area contributed by atoms with Crippen molar-refractivity contribution in [3.8, 4) is 0 Å². The van der Waals surface area contributed by atoms with Crippen molar-refractivity contribution in [3.63, 3.8) is 0 Å². The third-order valence-corrected chi connectivity index (χ3v) is 6.90. The zero-order valence-electron chi connectivity index (χ0n) is 11.9. The van der Waals surface area contributed by atoms with Gasteiger partial charge in [0.2, 0.25) is 0 Å². The second kappa shape index (κ2) is 5.67. The quantitative estimate of drug-likeness (QED) is 0.600. The molecule has 0 fully saturated rings. The normalized spacial score (nSPS) is 13.8. The number of thiophene rings is 1. The topological polar surface area (TPSA) is 0 Å². The van der Waals surface area contributed by atoms with E-state index in [0.717, 1.165) is 6.42 Å². The van der Waals surface area contributed by atoms with Crippen LogP contribution >= 0.6 is 19.3 Å². The van der Waals surface area contributed by atoms with Crippen molar-refractivity contribution in [1.82, 2.24) is 0 Å². The maximum absolute atomic E-state index is 2.48. The second-order valence-electron chi connectivity index (χ2n) is 6.38. The highest BCUT2D eigenvalue weighted by Crippen LogP contribution is 2.60. The molecule has 0 bridgehead atoms. The van der Waals surface area contributed by atoms with Crippen molar-refractivity contribution in [3.05, 3.63) is 34.3 Å². The van der Waals surface area contributed by atoms with E-state index in [2.05, 4.69) is 70.9 Å². The number of hydrogen-bond donors (Lipinski definition) is 0. The summed E-state index contributed by atoms with van der Waals surface area (Å²) < 4.78 is 0. The zero-order chi connectivity index (χ0) is 13.1. The van der Waals surface area contributed by atoms with E-state index in [-0.39, 0.29) is 7.92 Å². The summed E-state index contributed by atoms with van der Waals surface area (Å²) in [6.07, 6.45) is 3.46. The first-order valence-electron chi connectivity index (χ1n) is 6.20. The third kappa shape index (κ3) is 4.94. The average Bonchev–Trinajstić information content (AvgIpc) is 2.60. The number of allylic oxidation sites excluding steroid dienone is 1. The van der Waals surface area contributed by atoms with Crippen LogP contribution in [0, 0.1) is 0 Å². The fraction of sp³-hybridized carbons (Fsp3) is 0.600. The van der Waals surface area contributed by atoms with Crippen LogP contribution in [0.4, 0.5) is 0 Å². The van der Waals surface area contributed by atoms with Gasteiger partial charge in [-0.05, 0) is 21.8 Å². The molecular formula is C15H25PS. The Labute approximate surface area is 112 Å². The van der Waals surface area contributed by atoms with Gasteiger partial charge in [-0.25, -0.2) is 0 Å². The van der Waals surface area contributed by atoms with E-state index in [1.165, 1.54) is 4.88 Å². The van der Waals surface area contributed by atoms with Gasteiger partial charge in [0.15, 0.2) is 0 Å². The Kier molecular flexibility index (Phi) is 4.98. The average molecular weight is 268 g/mol. The summed E-state index contributed by atoms with van der Waals surface area (Å²) in [7, 11) is -0.100. The molecule has 1 heterocycles. The highest BCUT2D eigenvalue weighted by molar-refractivity contribution is 7.63. The molecule has 2 heteroatoms. The monoisotopic (exact) mass is 268 g/mol. The Morgan fingerprint density at radius 1 is 1.12 bits per heavy atom. The molecule has 0 N–H and O–H groups in total. The van der Waals surface area contributed by atoms with Crippen LogP contribution in [-0.2, 0) is 6.42 Å². The minimum atomic E-state index is -0.100. The maximum atomic E-state index is 2.48. The van der Waals surface area contributed by atoms with Crippen molar-refractivity contribution in [2.75, 3.05) is 0 Å². The Morgan fingerprint density at radius 2 is 1.71 bits per heavy atom. The molecule has 1 rings (SSSR count). The molecule has 0 nitrogen and oxygen atoms in total. The fourth-order valence-electron chi connectivity index (χ4n) is 2.16. The molecule has 96 valence electrons. The van der Waals surface area contributed by atoms with E-state index in [4.69, 9.17) is 0 Å². The molecule has 0 aliphatic carbocycles. The maximum Gasteiger partial charge on any atom is 0.00830 e. The predicted octanol–water partition coefficient (Wildman–Crippen LogP) is 5.88. The van der Waals surface area contributed by atoms with Crippen LogP contribution in [0.3, 0.4) is 0 Å². The van der Waals surface area contributed by atoms with Crippen LogP contribution in [0.25, 0.3) is 0 Å². The summed E-state index contributed by atoms with van der Waals surface area (Å²) in [6.45, 7) is 14.2. The van der Waals surface area contributed by atoms with Gasteiger partial charge < -0.3 is 0 Å². The molecule has 1 aromatic heterocycles. The highest BCUT2D eigenvalue weighted by atomic mass is 32.1. The van der Waals surface area contributed by atoms with E-state index in [1.54, 1.807) is 0 Å². The van der Waals surface area contributed by atoms with E-state index < -0.39 is 0 Å². The molecular weight excluding hydrogens is 243 g/mol. The van der Waals surface area contributed by atoms with Crippen molar-refractivity contribution >= 4 is 19.3 Å². The lowest BCUT2D eigenvalue weighted by molar-refractivity contribution is 0.714. The van der Waals surface area contributed by atoms with Gasteiger partial charge in [0.05, 0.1) is 0 Å². The predicted molar refractivity (Wildman–Crippen MR) is 83.6 cm³/mol. The molecule has 0 unspecified atom stereocenters. The van der Waals surface area contributed by atoms with Crippen LogP contribution in [0.5, 0.6) is 0 Å². The highest BCUT2D eigenvalue weighted by Gasteiger charge is 2.31. The van der Waals surface area contributed by atoms with Crippen LogP contribution in [0.1, 0.15) is 46.4 Å². The molecule has 0 aliphatic rings. The second-order valence-corrected chi connectivity index (χ2v) is 11.1. The SMILES string of the molecule is CC(C)(C)P(C=CCc1cccs1)C(C)(C)C. The molecule has 0 aromatic carbocycles. The van der Waals surface area contributed by atoms with Gasteiger partial charge in [0.25, 0.3) is 0 Å². The lowest BCUT2D eigenvalue weighted by Gasteiger charge is -2.39. The minimum absolute atomic E-state index is 0.100. The van der Waals surface area contributed by atoms with Crippen molar-refractivity contribution < 1.29 is 0 Å². The third-order valence-electron chi connectivity index (χ3n) is 2.60. The molecule has 0 spiro atoms. The molecule has 0 saturated carbocycles. The summed E-state index contributed by atoms with van der Waals surface area (Å²) in [5.41, 5.74) is 0. The van der Waals surface area contributed by atoms with Gasteiger partial charge in [0, 0.05) is 11.3 Å². The van der Waals surface area contributed by atoms with Crippen LogP contribution < -0.4 is 0 Å². The fourth-order valence-corrected chi connectivity index (χ4v) is 6.06. The van der Waals surface area contributed by atoms with Gasteiger partial charge in [-0.3, -0.25) is 0 Å². The van der Waals surface area contributed by atoms with Crippen LogP contribution in [0.2, 0.25) is 0 Å². The van der Waals surface area contributed by atoms with Crippen LogP contribution in [0.15, 0.2) is 29.4 Å². The minimum Gasteiger partial charge on any atom is -0.149 e. The van der Waals surface area contributed by atoms with Crippen LogP contribution in [-0.4, -0.2) is 10.3 Å². The van der Waals surface area contributed by atoms with Crippen molar-refractivity contribution in [1.29, 1.82) is 0 Å². The van der Waals surface area contributed by atoms with Gasteiger partial charge in [0.1, 0.15) is 0 Å².